The lowest BCUT2D eigenvalue weighted by molar-refractivity contribution is 0.0240. The molecular weight excluding hydrogens is 230 g/mol. The van der Waals surface area contributed by atoms with Crippen LogP contribution in [0.5, 0.6) is 0 Å². The van der Waals surface area contributed by atoms with Crippen LogP contribution in [0.1, 0.15) is 37.9 Å². The van der Waals surface area contributed by atoms with Crippen LogP contribution in [0, 0.1) is 0 Å². The molecule has 1 aliphatic heterocycles. The van der Waals surface area contributed by atoms with Gasteiger partial charge in [-0.15, -0.1) is 0 Å². The van der Waals surface area contributed by atoms with Crippen molar-refractivity contribution in [2.24, 2.45) is 0 Å². The van der Waals surface area contributed by atoms with Crippen molar-refractivity contribution in [2.75, 3.05) is 0 Å². The lowest BCUT2D eigenvalue weighted by atomic mass is 10.2. The van der Waals surface area contributed by atoms with Crippen molar-refractivity contribution in [1.82, 2.24) is 14.9 Å². The van der Waals surface area contributed by atoms with Crippen LogP contribution in [-0.2, 0) is 17.8 Å². The summed E-state index contributed by atoms with van der Waals surface area (Å²) < 4.78 is 5.33. The molecule has 1 aromatic heterocycles. The van der Waals surface area contributed by atoms with Crippen LogP contribution in [0.25, 0.3) is 6.08 Å². The van der Waals surface area contributed by atoms with Crippen LogP contribution in [0.3, 0.4) is 0 Å². The Hall–Kier alpha value is -1.91. The van der Waals surface area contributed by atoms with Crippen LogP contribution in [-0.4, -0.2) is 26.6 Å². The van der Waals surface area contributed by atoms with Crippen LogP contribution in [0.4, 0.5) is 4.79 Å². The van der Waals surface area contributed by atoms with Crippen molar-refractivity contribution in [3.63, 3.8) is 0 Å². The Morgan fingerprint density at radius 1 is 1.50 bits per heavy atom. The smallest absolute Gasteiger partial charge is 0.410 e. The van der Waals surface area contributed by atoms with Gasteiger partial charge in [0, 0.05) is 11.8 Å². The normalized spacial score (nSPS) is 14.3. The molecule has 1 aromatic rings. The fourth-order valence-electron chi connectivity index (χ4n) is 1.72. The summed E-state index contributed by atoms with van der Waals surface area (Å²) in [6, 6.07) is 0. The number of hydrogen-bond donors (Lipinski definition) is 0. The summed E-state index contributed by atoms with van der Waals surface area (Å²) in [5.41, 5.74) is 1.35. The van der Waals surface area contributed by atoms with Gasteiger partial charge in [0.2, 0.25) is 0 Å². The molecule has 0 saturated carbocycles. The van der Waals surface area contributed by atoms with Gasteiger partial charge in [0.1, 0.15) is 5.60 Å². The summed E-state index contributed by atoms with van der Waals surface area (Å²) >= 11 is 0. The van der Waals surface area contributed by atoms with Crippen molar-refractivity contribution in [2.45, 2.75) is 39.5 Å². The summed E-state index contributed by atoms with van der Waals surface area (Å²) in [4.78, 5) is 22.0. The number of fused-ring (bicyclic) bond motifs is 1. The van der Waals surface area contributed by atoms with E-state index in [0.29, 0.717) is 18.9 Å². The van der Waals surface area contributed by atoms with Crippen molar-refractivity contribution >= 4 is 12.2 Å². The molecule has 0 fully saturated rings. The number of nitrogens with zero attached hydrogens (tertiary/aromatic N) is 3. The van der Waals surface area contributed by atoms with Gasteiger partial charge in [-0.2, -0.15) is 0 Å². The van der Waals surface area contributed by atoms with Crippen LogP contribution < -0.4 is 0 Å². The zero-order chi connectivity index (χ0) is 13.3. The minimum absolute atomic E-state index is 0.319. The predicted molar refractivity (Wildman–Crippen MR) is 67.6 cm³/mol. The number of ether oxygens (including phenoxy) is 1. The molecule has 0 N–H and O–H groups in total. The minimum Gasteiger partial charge on any atom is -0.444 e. The molecule has 0 radical (unpaired) electrons. The molecular formula is C13H17N3O2. The molecule has 5 nitrogen and oxygen atoms in total. The maximum Gasteiger partial charge on any atom is 0.410 e. The van der Waals surface area contributed by atoms with Gasteiger partial charge in [0.15, 0.2) is 5.82 Å². The summed E-state index contributed by atoms with van der Waals surface area (Å²) in [5, 5.41) is 0. The average molecular weight is 247 g/mol. The monoisotopic (exact) mass is 247 g/mol. The van der Waals surface area contributed by atoms with Crippen molar-refractivity contribution in [3.8, 4) is 0 Å². The molecule has 0 bridgehead atoms. The van der Waals surface area contributed by atoms with Crippen LogP contribution >= 0.6 is 0 Å². The first-order valence-electron chi connectivity index (χ1n) is 5.84. The molecule has 2 rings (SSSR count). The van der Waals surface area contributed by atoms with E-state index < -0.39 is 5.60 Å². The first-order valence-corrected chi connectivity index (χ1v) is 5.84. The zero-order valence-corrected chi connectivity index (χ0v) is 10.9. The Morgan fingerprint density at radius 2 is 2.22 bits per heavy atom. The Balaban J connectivity index is 2.10. The van der Waals surface area contributed by atoms with E-state index in [4.69, 9.17) is 4.74 Å². The van der Waals surface area contributed by atoms with E-state index in [1.807, 2.05) is 20.8 Å². The van der Waals surface area contributed by atoms with Gasteiger partial charge in [0.25, 0.3) is 0 Å². The number of aromatic nitrogens is 2. The molecule has 1 aliphatic rings. The highest BCUT2D eigenvalue weighted by molar-refractivity contribution is 5.69. The van der Waals surface area contributed by atoms with Gasteiger partial charge in [-0.25, -0.2) is 14.8 Å². The third-order valence-electron chi connectivity index (χ3n) is 2.51. The fourth-order valence-corrected chi connectivity index (χ4v) is 1.72. The maximum absolute atomic E-state index is 11.9. The molecule has 0 saturated heterocycles. The van der Waals surface area contributed by atoms with Gasteiger partial charge in [-0.05, 0) is 26.8 Å². The summed E-state index contributed by atoms with van der Waals surface area (Å²) in [6.45, 7) is 10.1. The summed E-state index contributed by atoms with van der Waals surface area (Å²) in [6.07, 6.45) is 3.01. The quantitative estimate of drug-likeness (QED) is 0.764. The lowest BCUT2D eigenvalue weighted by Gasteiger charge is -2.23. The fraction of sp³-hybridized carbons (Fsp3) is 0.462. The highest BCUT2D eigenvalue weighted by atomic mass is 16.6. The molecule has 0 aromatic carbocycles. The molecule has 2 heterocycles. The first-order chi connectivity index (χ1) is 8.39. The van der Waals surface area contributed by atoms with Crippen molar-refractivity contribution < 1.29 is 9.53 Å². The van der Waals surface area contributed by atoms with E-state index >= 15 is 0 Å². The second kappa shape index (κ2) is 4.40. The summed E-state index contributed by atoms with van der Waals surface area (Å²) in [7, 11) is 0. The van der Waals surface area contributed by atoms with Gasteiger partial charge >= 0.3 is 6.09 Å². The second-order valence-electron chi connectivity index (χ2n) is 5.24. The number of rotatable bonds is 1. The molecule has 0 aliphatic carbocycles. The van der Waals surface area contributed by atoms with E-state index in [1.54, 1.807) is 17.2 Å². The maximum atomic E-state index is 11.9. The minimum atomic E-state index is -0.482. The Labute approximate surface area is 106 Å². The Morgan fingerprint density at radius 3 is 2.83 bits per heavy atom. The van der Waals surface area contributed by atoms with Gasteiger partial charge < -0.3 is 4.74 Å². The highest BCUT2D eigenvalue weighted by Gasteiger charge is 2.28. The third kappa shape index (κ3) is 2.67. The predicted octanol–water partition coefficient (Wildman–Crippen LogP) is 2.37. The second-order valence-corrected chi connectivity index (χ2v) is 5.24. The zero-order valence-electron chi connectivity index (χ0n) is 10.9. The van der Waals surface area contributed by atoms with Gasteiger partial charge in [0.05, 0.1) is 18.8 Å². The van der Waals surface area contributed by atoms with E-state index in [9.17, 15) is 4.79 Å². The average Bonchev–Trinajstić information content (AvgIpc) is 2.69. The molecule has 0 unspecified atom stereocenters. The summed E-state index contributed by atoms with van der Waals surface area (Å²) in [5.74, 6) is 0.583. The number of hydrogen-bond acceptors (Lipinski definition) is 4. The SMILES string of the molecule is C=Cc1ncc2c(n1)CN(C(=O)OC(C)(C)C)C2. The molecule has 0 atom stereocenters. The molecule has 1 amide bonds. The Bertz CT molecular complexity index is 491. The molecule has 18 heavy (non-hydrogen) atoms. The first kappa shape index (κ1) is 12.5. The standard InChI is InChI=1S/C13H17N3O2/c1-5-11-14-6-9-7-16(8-10(9)15-11)12(17)18-13(2,3)4/h5-6H,1,7-8H2,2-4H3. The topological polar surface area (TPSA) is 55.3 Å². The van der Waals surface area contributed by atoms with E-state index in [0.717, 1.165) is 11.3 Å². The van der Waals surface area contributed by atoms with Crippen LogP contribution in [0.2, 0.25) is 0 Å². The van der Waals surface area contributed by atoms with Gasteiger partial charge in [-0.3, -0.25) is 4.90 Å². The van der Waals surface area contributed by atoms with Gasteiger partial charge in [-0.1, -0.05) is 6.58 Å². The van der Waals surface area contributed by atoms with Crippen LogP contribution in [0.15, 0.2) is 12.8 Å². The van der Waals surface area contributed by atoms with Crippen molar-refractivity contribution in [3.05, 3.63) is 29.9 Å². The largest absolute Gasteiger partial charge is 0.444 e. The van der Waals surface area contributed by atoms with Crippen molar-refractivity contribution in [1.29, 1.82) is 0 Å². The van der Waals surface area contributed by atoms with E-state index in [1.165, 1.54) is 0 Å². The molecule has 0 spiro atoms. The number of carbonyl (C=O) groups is 1. The number of carbonyl (C=O) groups excluding carboxylic acids is 1. The third-order valence-corrected chi connectivity index (χ3v) is 2.51. The molecule has 5 heteroatoms. The highest BCUT2D eigenvalue weighted by Crippen LogP contribution is 2.22. The molecule has 96 valence electrons. The number of amides is 1. The Kier molecular flexibility index (Phi) is 3.07. The lowest BCUT2D eigenvalue weighted by Crippen LogP contribution is -2.33. The van der Waals surface area contributed by atoms with E-state index in [-0.39, 0.29) is 6.09 Å². The van der Waals surface area contributed by atoms with E-state index in [2.05, 4.69) is 16.5 Å².